The minimum Gasteiger partial charge on any atom is -0.439 e. The minimum absolute atomic E-state index is 0.0362. The van der Waals surface area contributed by atoms with Crippen LogP contribution >= 0.6 is 0 Å². The van der Waals surface area contributed by atoms with Gasteiger partial charge < -0.3 is 14.6 Å². The maximum atomic E-state index is 13.5. The summed E-state index contributed by atoms with van der Waals surface area (Å²) in [5.74, 6) is 0.193. The van der Waals surface area contributed by atoms with Gasteiger partial charge in [0.1, 0.15) is 17.4 Å². The predicted molar refractivity (Wildman–Crippen MR) is 127 cm³/mol. The minimum atomic E-state index is -0.654. The highest BCUT2D eigenvalue weighted by atomic mass is 19.1. The summed E-state index contributed by atoms with van der Waals surface area (Å²) in [7, 11) is 0. The highest BCUT2D eigenvalue weighted by Gasteiger charge is 2.24. The first-order valence-corrected chi connectivity index (χ1v) is 11.5. The van der Waals surface area contributed by atoms with E-state index >= 15 is 0 Å². The molecule has 3 rings (SSSR count). The van der Waals surface area contributed by atoms with E-state index in [2.05, 4.69) is 23.8 Å². The van der Waals surface area contributed by atoms with Gasteiger partial charge in [-0.1, -0.05) is 0 Å². The van der Waals surface area contributed by atoms with Crippen LogP contribution in [0.3, 0.4) is 0 Å². The van der Waals surface area contributed by atoms with Crippen molar-refractivity contribution in [2.24, 2.45) is 0 Å². The molecule has 1 N–H and O–H groups in total. The summed E-state index contributed by atoms with van der Waals surface area (Å²) in [6.07, 6.45) is -0.618. The van der Waals surface area contributed by atoms with Crippen molar-refractivity contribution in [3.63, 3.8) is 0 Å². The molecule has 0 aliphatic carbocycles. The summed E-state index contributed by atoms with van der Waals surface area (Å²) < 4.78 is 40.3. The van der Waals surface area contributed by atoms with E-state index in [1.54, 1.807) is 28.9 Å². The van der Waals surface area contributed by atoms with E-state index < -0.39 is 6.10 Å². The molecular formula is C26H33F2N3O3. The second-order valence-electron chi connectivity index (χ2n) is 8.87. The lowest BCUT2D eigenvalue weighted by molar-refractivity contribution is -0.0137. The molecular weight excluding hydrogens is 440 g/mol. The van der Waals surface area contributed by atoms with Gasteiger partial charge in [-0.3, -0.25) is 4.90 Å². The van der Waals surface area contributed by atoms with E-state index in [4.69, 9.17) is 9.47 Å². The Bertz CT molecular complexity index is 1050. The Kier molecular flexibility index (Phi) is 8.77. The molecule has 1 aromatic heterocycles. The molecule has 0 fully saturated rings. The molecule has 1 heterocycles. The number of rotatable bonds is 11. The number of aliphatic hydroxyl groups is 1. The van der Waals surface area contributed by atoms with E-state index in [1.807, 2.05) is 20.8 Å². The molecule has 0 radical (unpaired) electrons. The topological polar surface area (TPSA) is 59.8 Å². The van der Waals surface area contributed by atoms with Gasteiger partial charge in [-0.2, -0.15) is 5.10 Å². The second kappa shape index (κ2) is 11.6. The fourth-order valence-corrected chi connectivity index (χ4v) is 3.48. The molecule has 0 bridgehead atoms. The van der Waals surface area contributed by atoms with E-state index in [1.165, 1.54) is 24.3 Å². The Labute approximate surface area is 199 Å². The normalized spacial score (nSPS) is 12.7. The molecule has 34 heavy (non-hydrogen) atoms. The number of ether oxygens (including phenoxy) is 2. The lowest BCUT2D eigenvalue weighted by Crippen LogP contribution is -2.39. The Hall–Kier alpha value is -2.81. The Morgan fingerprint density at radius 2 is 1.56 bits per heavy atom. The first-order valence-electron chi connectivity index (χ1n) is 11.5. The standard InChI is InChI=1S/C26H33F2N3O3/c1-17(2)30(14-23(32)16-33-18(3)4)15-25-19(5)29-31(22-10-6-20(27)7-11-22)26(25)34-24-12-8-21(28)9-13-24/h6-13,17-18,23,32H,14-16H2,1-5H3/t23-/m1/s1. The average Bonchev–Trinajstić information content (AvgIpc) is 3.08. The number of aliphatic hydroxyl groups excluding tert-OH is 1. The van der Waals surface area contributed by atoms with E-state index in [-0.39, 0.29) is 30.4 Å². The SMILES string of the molecule is Cc1nn(-c2ccc(F)cc2)c(Oc2ccc(F)cc2)c1CN(C[C@@H](O)COC(C)C)C(C)C. The summed E-state index contributed by atoms with van der Waals surface area (Å²) in [6, 6.07) is 11.8. The van der Waals surface area contributed by atoms with Gasteiger partial charge in [-0.05, 0) is 83.1 Å². The van der Waals surface area contributed by atoms with Crippen molar-refractivity contribution < 1.29 is 23.4 Å². The van der Waals surface area contributed by atoms with Gasteiger partial charge in [0.15, 0.2) is 0 Å². The third-order valence-electron chi connectivity index (χ3n) is 5.40. The van der Waals surface area contributed by atoms with Crippen LogP contribution in [-0.4, -0.2) is 51.2 Å². The van der Waals surface area contributed by atoms with Gasteiger partial charge in [-0.15, -0.1) is 0 Å². The van der Waals surface area contributed by atoms with Crippen LogP contribution < -0.4 is 4.74 Å². The lowest BCUT2D eigenvalue weighted by atomic mass is 10.2. The molecule has 6 nitrogen and oxygen atoms in total. The molecule has 0 aliphatic heterocycles. The van der Waals surface area contributed by atoms with Crippen molar-refractivity contribution in [3.8, 4) is 17.3 Å². The quantitative estimate of drug-likeness (QED) is 0.412. The van der Waals surface area contributed by atoms with Crippen LogP contribution in [0.4, 0.5) is 8.78 Å². The Balaban J connectivity index is 1.95. The molecule has 0 saturated carbocycles. The number of nitrogens with zero attached hydrogens (tertiary/aromatic N) is 3. The van der Waals surface area contributed by atoms with E-state index in [0.717, 1.165) is 11.3 Å². The number of aromatic nitrogens is 2. The molecule has 2 aromatic carbocycles. The zero-order valence-electron chi connectivity index (χ0n) is 20.3. The van der Waals surface area contributed by atoms with Crippen LogP contribution in [0, 0.1) is 18.6 Å². The van der Waals surface area contributed by atoms with Gasteiger partial charge in [-0.25, -0.2) is 13.5 Å². The van der Waals surface area contributed by atoms with Gasteiger partial charge in [0.25, 0.3) is 0 Å². The largest absolute Gasteiger partial charge is 0.439 e. The predicted octanol–water partition coefficient (Wildman–Crippen LogP) is 5.25. The number of hydrogen-bond donors (Lipinski definition) is 1. The second-order valence-corrected chi connectivity index (χ2v) is 8.87. The number of hydrogen-bond acceptors (Lipinski definition) is 5. The van der Waals surface area contributed by atoms with Gasteiger partial charge in [0.2, 0.25) is 5.88 Å². The van der Waals surface area contributed by atoms with Crippen LogP contribution in [0.15, 0.2) is 48.5 Å². The molecule has 184 valence electrons. The van der Waals surface area contributed by atoms with Crippen molar-refractivity contribution in [3.05, 3.63) is 71.4 Å². The third-order valence-corrected chi connectivity index (χ3v) is 5.40. The molecule has 8 heteroatoms. The fraction of sp³-hybridized carbons (Fsp3) is 0.423. The molecule has 1 atom stereocenters. The van der Waals surface area contributed by atoms with Crippen molar-refractivity contribution in [2.75, 3.05) is 13.2 Å². The Morgan fingerprint density at radius 3 is 2.12 bits per heavy atom. The molecule has 0 aliphatic rings. The summed E-state index contributed by atoms with van der Waals surface area (Å²) in [5, 5.41) is 15.2. The van der Waals surface area contributed by atoms with Crippen LogP contribution in [0.25, 0.3) is 5.69 Å². The maximum Gasteiger partial charge on any atom is 0.227 e. The van der Waals surface area contributed by atoms with Crippen molar-refractivity contribution >= 4 is 0 Å². The van der Waals surface area contributed by atoms with Crippen LogP contribution in [0.1, 0.15) is 39.0 Å². The smallest absolute Gasteiger partial charge is 0.227 e. The maximum absolute atomic E-state index is 13.5. The van der Waals surface area contributed by atoms with Crippen molar-refractivity contribution in [1.82, 2.24) is 14.7 Å². The third kappa shape index (κ3) is 6.85. The van der Waals surface area contributed by atoms with E-state index in [9.17, 15) is 13.9 Å². The molecule has 0 unspecified atom stereocenters. The number of benzene rings is 2. The Morgan fingerprint density at radius 1 is 0.971 bits per heavy atom. The van der Waals surface area contributed by atoms with Crippen molar-refractivity contribution in [2.45, 2.75) is 59.4 Å². The first kappa shape index (κ1) is 25.8. The molecule has 0 amide bonds. The zero-order valence-corrected chi connectivity index (χ0v) is 20.3. The highest BCUT2D eigenvalue weighted by Crippen LogP contribution is 2.32. The average molecular weight is 474 g/mol. The molecule has 0 saturated heterocycles. The van der Waals surface area contributed by atoms with E-state index in [0.29, 0.717) is 30.4 Å². The monoisotopic (exact) mass is 473 g/mol. The van der Waals surface area contributed by atoms with Gasteiger partial charge in [0, 0.05) is 19.1 Å². The summed E-state index contributed by atoms with van der Waals surface area (Å²) in [6.45, 7) is 10.9. The van der Waals surface area contributed by atoms with Crippen LogP contribution in [-0.2, 0) is 11.3 Å². The summed E-state index contributed by atoms with van der Waals surface area (Å²) in [4.78, 5) is 2.12. The number of halogens is 2. The van der Waals surface area contributed by atoms with Gasteiger partial charge in [0.05, 0.1) is 35.8 Å². The van der Waals surface area contributed by atoms with Crippen molar-refractivity contribution in [1.29, 1.82) is 0 Å². The fourth-order valence-electron chi connectivity index (χ4n) is 3.48. The zero-order chi connectivity index (χ0) is 24.8. The first-order chi connectivity index (χ1) is 16.1. The highest BCUT2D eigenvalue weighted by molar-refractivity contribution is 5.43. The van der Waals surface area contributed by atoms with Crippen LogP contribution in [0.5, 0.6) is 11.6 Å². The van der Waals surface area contributed by atoms with Crippen LogP contribution in [0.2, 0.25) is 0 Å². The summed E-state index contributed by atoms with van der Waals surface area (Å²) in [5.41, 5.74) is 2.19. The summed E-state index contributed by atoms with van der Waals surface area (Å²) >= 11 is 0. The van der Waals surface area contributed by atoms with Gasteiger partial charge >= 0.3 is 0 Å². The molecule has 3 aromatic rings. The lowest BCUT2D eigenvalue weighted by Gasteiger charge is -2.29. The number of aryl methyl sites for hydroxylation is 1. The molecule has 0 spiro atoms.